The molecule has 1 saturated heterocycles. The Labute approximate surface area is 147 Å². The largest absolute Gasteiger partial charge is 0.450 e. The van der Waals surface area contributed by atoms with Crippen LogP contribution in [-0.2, 0) is 9.53 Å². The highest BCUT2D eigenvalue weighted by molar-refractivity contribution is 5.94. The minimum atomic E-state index is -0.416. The Balaban J connectivity index is 1.86. The number of ether oxygens (including phenoxy) is 1. The summed E-state index contributed by atoms with van der Waals surface area (Å²) in [5.41, 5.74) is 1.94. The summed E-state index contributed by atoms with van der Waals surface area (Å²) in [6.45, 7) is 2.66. The Bertz CT molecular complexity index is 679. The number of anilines is 2. The van der Waals surface area contributed by atoms with Gasteiger partial charge in [-0.2, -0.15) is 0 Å². The van der Waals surface area contributed by atoms with E-state index >= 15 is 0 Å². The number of piperidine rings is 1. The SMILES string of the molecule is CCOC(=O)N1CCC(N(c2ccccc2)c2ccccc2)C(=O)C1. The van der Waals surface area contributed by atoms with Gasteiger partial charge in [0.2, 0.25) is 0 Å². The van der Waals surface area contributed by atoms with E-state index in [-0.39, 0.29) is 18.4 Å². The molecule has 25 heavy (non-hydrogen) atoms. The lowest BCUT2D eigenvalue weighted by Crippen LogP contribution is -2.52. The lowest BCUT2D eigenvalue weighted by Gasteiger charge is -2.38. The van der Waals surface area contributed by atoms with E-state index in [0.717, 1.165) is 11.4 Å². The topological polar surface area (TPSA) is 49.9 Å². The molecule has 1 aliphatic heterocycles. The molecule has 0 aromatic heterocycles. The Morgan fingerprint density at radius 1 is 1.08 bits per heavy atom. The summed E-state index contributed by atoms with van der Waals surface area (Å²) in [4.78, 5) is 28.3. The minimum absolute atomic E-state index is 0.0204. The minimum Gasteiger partial charge on any atom is -0.450 e. The van der Waals surface area contributed by atoms with Gasteiger partial charge in [-0.15, -0.1) is 0 Å². The van der Waals surface area contributed by atoms with Crippen LogP contribution in [0.25, 0.3) is 0 Å². The van der Waals surface area contributed by atoms with Crippen LogP contribution in [0, 0.1) is 0 Å². The van der Waals surface area contributed by atoms with Crippen LogP contribution in [0.15, 0.2) is 60.7 Å². The summed E-state index contributed by atoms with van der Waals surface area (Å²) in [5, 5.41) is 0. The van der Waals surface area contributed by atoms with Gasteiger partial charge in [0.25, 0.3) is 0 Å². The fourth-order valence-electron chi connectivity index (χ4n) is 3.14. The van der Waals surface area contributed by atoms with Crippen molar-refractivity contribution < 1.29 is 14.3 Å². The van der Waals surface area contributed by atoms with Gasteiger partial charge in [0, 0.05) is 17.9 Å². The van der Waals surface area contributed by atoms with E-state index in [2.05, 4.69) is 4.90 Å². The van der Waals surface area contributed by atoms with Gasteiger partial charge >= 0.3 is 6.09 Å². The highest BCUT2D eigenvalue weighted by Crippen LogP contribution is 2.30. The molecule has 0 spiro atoms. The fourth-order valence-corrected chi connectivity index (χ4v) is 3.14. The first kappa shape index (κ1) is 17.0. The molecule has 2 aromatic carbocycles. The van der Waals surface area contributed by atoms with Crippen LogP contribution in [-0.4, -0.2) is 42.5 Å². The third-order valence-electron chi connectivity index (χ3n) is 4.30. The number of carbonyl (C=O) groups excluding carboxylic acids is 2. The van der Waals surface area contributed by atoms with Crippen molar-refractivity contribution in [2.45, 2.75) is 19.4 Å². The second-order valence-corrected chi connectivity index (χ2v) is 5.93. The third-order valence-corrected chi connectivity index (χ3v) is 4.30. The van der Waals surface area contributed by atoms with E-state index in [9.17, 15) is 9.59 Å². The van der Waals surface area contributed by atoms with Gasteiger partial charge in [0.05, 0.1) is 19.2 Å². The normalized spacial score (nSPS) is 17.2. The molecule has 1 amide bonds. The first-order chi connectivity index (χ1) is 12.2. The van der Waals surface area contributed by atoms with Gasteiger partial charge in [-0.3, -0.25) is 4.79 Å². The van der Waals surface area contributed by atoms with Crippen LogP contribution < -0.4 is 4.90 Å². The maximum atomic E-state index is 12.8. The Kier molecular flexibility index (Phi) is 5.33. The molecule has 0 aliphatic carbocycles. The van der Waals surface area contributed by atoms with Crippen molar-refractivity contribution in [3.8, 4) is 0 Å². The maximum Gasteiger partial charge on any atom is 0.410 e. The van der Waals surface area contributed by atoms with Gasteiger partial charge < -0.3 is 14.5 Å². The molecule has 5 nitrogen and oxygen atoms in total. The Morgan fingerprint density at radius 2 is 1.64 bits per heavy atom. The molecule has 0 bridgehead atoms. The number of amides is 1. The average molecular weight is 338 g/mol. The van der Waals surface area contributed by atoms with E-state index < -0.39 is 6.09 Å². The molecule has 1 heterocycles. The van der Waals surface area contributed by atoms with Gasteiger partial charge in [-0.05, 0) is 37.6 Å². The molecule has 0 N–H and O–H groups in total. The van der Waals surface area contributed by atoms with Crippen LogP contribution in [0.4, 0.5) is 16.2 Å². The van der Waals surface area contributed by atoms with Crippen LogP contribution in [0.2, 0.25) is 0 Å². The van der Waals surface area contributed by atoms with Crippen LogP contribution >= 0.6 is 0 Å². The zero-order valence-electron chi connectivity index (χ0n) is 14.3. The van der Waals surface area contributed by atoms with E-state index in [4.69, 9.17) is 4.74 Å². The molecule has 5 heteroatoms. The summed E-state index contributed by atoms with van der Waals surface area (Å²) in [5.74, 6) is 0.0204. The van der Waals surface area contributed by atoms with Crippen molar-refractivity contribution in [3.05, 3.63) is 60.7 Å². The highest BCUT2D eigenvalue weighted by Gasteiger charge is 2.35. The first-order valence-electron chi connectivity index (χ1n) is 8.54. The Morgan fingerprint density at radius 3 is 2.12 bits per heavy atom. The molecule has 3 rings (SSSR count). The fraction of sp³-hybridized carbons (Fsp3) is 0.300. The van der Waals surface area contributed by atoms with E-state index in [1.54, 1.807) is 6.92 Å². The standard InChI is InChI=1S/C20H22N2O3/c1-2-25-20(24)21-14-13-18(19(23)15-21)22(16-9-5-3-6-10-16)17-11-7-4-8-12-17/h3-12,18H,2,13-15H2,1H3. The van der Waals surface area contributed by atoms with Crippen LogP contribution in [0.5, 0.6) is 0 Å². The summed E-state index contributed by atoms with van der Waals surface area (Å²) < 4.78 is 5.02. The third kappa shape index (κ3) is 3.82. The van der Waals surface area contributed by atoms with Crippen molar-refractivity contribution in [1.82, 2.24) is 4.90 Å². The number of rotatable bonds is 4. The van der Waals surface area contributed by atoms with Gasteiger partial charge in [0.1, 0.15) is 0 Å². The highest BCUT2D eigenvalue weighted by atomic mass is 16.6. The number of carbonyl (C=O) groups is 2. The zero-order chi connectivity index (χ0) is 17.6. The molecule has 1 fully saturated rings. The molecule has 2 aromatic rings. The molecule has 1 aliphatic rings. The lowest BCUT2D eigenvalue weighted by atomic mass is 10.00. The number of nitrogens with zero attached hydrogens (tertiary/aromatic N) is 2. The van der Waals surface area contributed by atoms with Crippen molar-refractivity contribution >= 4 is 23.3 Å². The number of benzene rings is 2. The second-order valence-electron chi connectivity index (χ2n) is 5.93. The summed E-state index contributed by atoms with van der Waals surface area (Å²) >= 11 is 0. The number of Topliss-reactive ketones (excluding diaryl/α,β-unsaturated/α-hetero) is 1. The first-order valence-corrected chi connectivity index (χ1v) is 8.54. The maximum absolute atomic E-state index is 12.8. The number of hydrogen-bond acceptors (Lipinski definition) is 4. The van der Waals surface area contributed by atoms with Gasteiger partial charge in [-0.1, -0.05) is 36.4 Å². The second kappa shape index (κ2) is 7.83. The summed E-state index contributed by atoms with van der Waals surface area (Å²) in [7, 11) is 0. The van der Waals surface area contributed by atoms with Crippen LogP contribution in [0.3, 0.4) is 0 Å². The quantitative estimate of drug-likeness (QED) is 0.854. The number of ketones is 1. The van der Waals surface area contributed by atoms with Gasteiger partial charge in [-0.25, -0.2) is 4.79 Å². The van der Waals surface area contributed by atoms with Crippen molar-refractivity contribution in [2.24, 2.45) is 0 Å². The number of hydrogen-bond donors (Lipinski definition) is 0. The Hall–Kier alpha value is -2.82. The lowest BCUT2D eigenvalue weighted by molar-refractivity contribution is -0.123. The van der Waals surface area contributed by atoms with Gasteiger partial charge in [0.15, 0.2) is 5.78 Å². The van der Waals surface area contributed by atoms with E-state index in [1.165, 1.54) is 4.90 Å². The van der Waals surface area contributed by atoms with Crippen LogP contribution in [0.1, 0.15) is 13.3 Å². The molecule has 1 unspecified atom stereocenters. The molecule has 130 valence electrons. The molecule has 1 atom stereocenters. The van der Waals surface area contributed by atoms with E-state index in [0.29, 0.717) is 19.6 Å². The van der Waals surface area contributed by atoms with E-state index in [1.807, 2.05) is 60.7 Å². The van der Waals surface area contributed by atoms with Crippen molar-refractivity contribution in [3.63, 3.8) is 0 Å². The molecule has 0 radical (unpaired) electrons. The number of para-hydroxylation sites is 2. The predicted molar refractivity (Wildman–Crippen MR) is 97.0 cm³/mol. The average Bonchev–Trinajstić information content (AvgIpc) is 2.65. The smallest absolute Gasteiger partial charge is 0.410 e. The predicted octanol–water partition coefficient (Wildman–Crippen LogP) is 3.62. The molecular weight excluding hydrogens is 316 g/mol. The number of likely N-dealkylation sites (tertiary alicyclic amines) is 1. The molecule has 0 saturated carbocycles. The summed E-state index contributed by atoms with van der Waals surface area (Å²) in [6.07, 6.45) is 0.154. The summed E-state index contributed by atoms with van der Waals surface area (Å²) in [6, 6.07) is 19.5. The zero-order valence-corrected chi connectivity index (χ0v) is 14.3. The van der Waals surface area contributed by atoms with Crippen molar-refractivity contribution in [2.75, 3.05) is 24.6 Å². The monoisotopic (exact) mass is 338 g/mol. The van der Waals surface area contributed by atoms with Crippen molar-refractivity contribution in [1.29, 1.82) is 0 Å². The molecular formula is C20H22N2O3.